The molecule has 1 aromatic heterocycles. The molecule has 0 radical (unpaired) electrons. The summed E-state index contributed by atoms with van der Waals surface area (Å²) < 4.78 is 5.12. The minimum atomic E-state index is 0.0115. The fourth-order valence-electron chi connectivity index (χ4n) is 3.10. The minimum Gasteiger partial charge on any atom is -0.497 e. The van der Waals surface area contributed by atoms with Gasteiger partial charge in [-0.3, -0.25) is 9.59 Å². The van der Waals surface area contributed by atoms with Gasteiger partial charge in [0, 0.05) is 43.0 Å². The first-order chi connectivity index (χ1) is 12.7. The molecule has 0 spiro atoms. The maximum absolute atomic E-state index is 12.6. The summed E-state index contributed by atoms with van der Waals surface area (Å²) in [5.41, 5.74) is 0.654. The van der Waals surface area contributed by atoms with Crippen LogP contribution in [0, 0.1) is 0 Å². The molecule has 138 valence electrons. The van der Waals surface area contributed by atoms with E-state index in [2.05, 4.69) is 11.4 Å². The number of nitrogens with zero attached hydrogens (tertiary/aromatic N) is 2. The number of methoxy groups -OCH3 is 1. The number of ether oxygens (including phenoxy) is 1. The van der Waals surface area contributed by atoms with Gasteiger partial charge in [-0.25, -0.2) is 0 Å². The van der Waals surface area contributed by atoms with Crippen LogP contribution in [0.1, 0.15) is 28.1 Å². The van der Waals surface area contributed by atoms with E-state index in [-0.39, 0.29) is 11.8 Å². The Morgan fingerprint density at radius 2 is 1.73 bits per heavy atom. The molecular formula is C20H24N2O3S. The van der Waals surface area contributed by atoms with Gasteiger partial charge in [0.05, 0.1) is 7.11 Å². The SMILES string of the molecule is COc1ccc(C(=O)N2CCN(C(=O)CCCc3cccs3)CC2)cc1. The summed E-state index contributed by atoms with van der Waals surface area (Å²) in [5.74, 6) is 0.940. The van der Waals surface area contributed by atoms with Gasteiger partial charge < -0.3 is 14.5 Å². The molecule has 0 bridgehead atoms. The van der Waals surface area contributed by atoms with Gasteiger partial charge in [0.1, 0.15) is 5.75 Å². The average Bonchev–Trinajstić information content (AvgIpc) is 3.21. The first-order valence-electron chi connectivity index (χ1n) is 8.91. The van der Waals surface area contributed by atoms with Gasteiger partial charge in [-0.1, -0.05) is 6.07 Å². The average molecular weight is 372 g/mol. The largest absolute Gasteiger partial charge is 0.497 e. The van der Waals surface area contributed by atoms with Crippen molar-refractivity contribution >= 4 is 23.2 Å². The van der Waals surface area contributed by atoms with E-state index in [1.54, 1.807) is 42.7 Å². The summed E-state index contributed by atoms with van der Waals surface area (Å²) in [7, 11) is 1.60. The van der Waals surface area contributed by atoms with Crippen LogP contribution in [0.15, 0.2) is 41.8 Å². The predicted octanol–water partition coefficient (Wildman–Crippen LogP) is 3.06. The van der Waals surface area contributed by atoms with E-state index in [4.69, 9.17) is 4.74 Å². The molecule has 5 nitrogen and oxygen atoms in total. The fraction of sp³-hybridized carbons (Fsp3) is 0.400. The zero-order valence-electron chi connectivity index (χ0n) is 15.0. The Hall–Kier alpha value is -2.34. The third-order valence-electron chi connectivity index (χ3n) is 4.65. The molecule has 1 saturated heterocycles. The maximum atomic E-state index is 12.6. The number of carbonyl (C=O) groups is 2. The summed E-state index contributed by atoms with van der Waals surface area (Å²) in [6.45, 7) is 2.39. The highest BCUT2D eigenvalue weighted by molar-refractivity contribution is 7.09. The van der Waals surface area contributed by atoms with Gasteiger partial charge in [-0.2, -0.15) is 0 Å². The molecular weight excluding hydrogens is 348 g/mol. The Labute approximate surface area is 158 Å². The molecule has 0 N–H and O–H groups in total. The van der Waals surface area contributed by atoms with Gasteiger partial charge in [-0.05, 0) is 48.6 Å². The Morgan fingerprint density at radius 1 is 1.04 bits per heavy atom. The van der Waals surface area contributed by atoms with Crippen LogP contribution in [0.2, 0.25) is 0 Å². The normalized spacial score (nSPS) is 14.3. The van der Waals surface area contributed by atoms with Crippen LogP contribution in [0.5, 0.6) is 5.75 Å². The predicted molar refractivity (Wildman–Crippen MR) is 103 cm³/mol. The number of thiophene rings is 1. The lowest BCUT2D eigenvalue weighted by Crippen LogP contribution is -2.50. The van der Waals surface area contributed by atoms with E-state index in [9.17, 15) is 9.59 Å². The number of hydrogen-bond donors (Lipinski definition) is 0. The van der Waals surface area contributed by atoms with E-state index in [0.717, 1.165) is 18.6 Å². The topological polar surface area (TPSA) is 49.9 Å². The van der Waals surface area contributed by atoms with E-state index in [1.807, 2.05) is 15.9 Å². The molecule has 1 aromatic carbocycles. The molecule has 2 aromatic rings. The third kappa shape index (κ3) is 4.64. The lowest BCUT2D eigenvalue weighted by Gasteiger charge is -2.35. The van der Waals surface area contributed by atoms with Crippen LogP contribution in [0.3, 0.4) is 0 Å². The van der Waals surface area contributed by atoms with E-state index in [1.165, 1.54) is 4.88 Å². The molecule has 1 aliphatic rings. The van der Waals surface area contributed by atoms with E-state index in [0.29, 0.717) is 38.2 Å². The van der Waals surface area contributed by atoms with Crippen LogP contribution in [0.25, 0.3) is 0 Å². The Morgan fingerprint density at radius 3 is 2.35 bits per heavy atom. The highest BCUT2D eigenvalue weighted by Crippen LogP contribution is 2.16. The van der Waals surface area contributed by atoms with Crippen molar-refractivity contribution in [3.63, 3.8) is 0 Å². The van der Waals surface area contributed by atoms with Gasteiger partial charge in [0.25, 0.3) is 5.91 Å². The fourth-order valence-corrected chi connectivity index (χ4v) is 3.85. The monoisotopic (exact) mass is 372 g/mol. The Balaban J connectivity index is 1.44. The van der Waals surface area contributed by atoms with Crippen molar-refractivity contribution in [2.45, 2.75) is 19.3 Å². The second kappa shape index (κ2) is 8.85. The zero-order valence-corrected chi connectivity index (χ0v) is 15.8. The minimum absolute atomic E-state index is 0.0115. The molecule has 2 heterocycles. The number of benzene rings is 1. The van der Waals surface area contributed by atoms with Crippen molar-refractivity contribution in [2.75, 3.05) is 33.3 Å². The summed E-state index contributed by atoms with van der Waals surface area (Å²) in [5, 5.41) is 2.07. The first kappa shape index (κ1) is 18.5. The van der Waals surface area contributed by atoms with Crippen molar-refractivity contribution in [2.24, 2.45) is 0 Å². The highest BCUT2D eigenvalue weighted by atomic mass is 32.1. The molecule has 0 atom stereocenters. The van der Waals surface area contributed by atoms with Gasteiger partial charge in [0.15, 0.2) is 0 Å². The van der Waals surface area contributed by atoms with Crippen molar-refractivity contribution in [1.82, 2.24) is 9.80 Å². The maximum Gasteiger partial charge on any atom is 0.253 e. The molecule has 2 amide bonds. The molecule has 26 heavy (non-hydrogen) atoms. The van der Waals surface area contributed by atoms with Crippen LogP contribution < -0.4 is 4.74 Å². The molecule has 1 fully saturated rings. The third-order valence-corrected chi connectivity index (χ3v) is 5.59. The molecule has 6 heteroatoms. The van der Waals surface area contributed by atoms with Crippen molar-refractivity contribution in [3.05, 3.63) is 52.2 Å². The summed E-state index contributed by atoms with van der Waals surface area (Å²) in [4.78, 5) is 29.9. The lowest BCUT2D eigenvalue weighted by atomic mass is 10.1. The number of piperazine rings is 1. The van der Waals surface area contributed by atoms with Crippen molar-refractivity contribution in [1.29, 1.82) is 0 Å². The molecule has 1 aliphatic heterocycles. The van der Waals surface area contributed by atoms with Gasteiger partial charge in [-0.15, -0.1) is 11.3 Å². The van der Waals surface area contributed by atoms with Crippen molar-refractivity contribution in [3.8, 4) is 5.75 Å². The summed E-state index contributed by atoms with van der Waals surface area (Å²) in [6.07, 6.45) is 2.41. The van der Waals surface area contributed by atoms with Crippen LogP contribution in [-0.2, 0) is 11.2 Å². The zero-order chi connectivity index (χ0) is 18.4. The molecule has 3 rings (SSSR count). The summed E-state index contributed by atoms with van der Waals surface area (Å²) >= 11 is 1.74. The Kier molecular flexibility index (Phi) is 6.28. The molecule has 0 unspecified atom stereocenters. The first-order valence-corrected chi connectivity index (χ1v) is 9.79. The van der Waals surface area contributed by atoms with E-state index >= 15 is 0 Å². The highest BCUT2D eigenvalue weighted by Gasteiger charge is 2.24. The number of aryl methyl sites for hydroxylation is 1. The summed E-state index contributed by atoms with van der Waals surface area (Å²) in [6, 6.07) is 11.3. The number of hydrogen-bond acceptors (Lipinski definition) is 4. The lowest BCUT2D eigenvalue weighted by molar-refractivity contribution is -0.132. The Bertz CT molecular complexity index is 720. The number of carbonyl (C=O) groups excluding carboxylic acids is 2. The quantitative estimate of drug-likeness (QED) is 0.783. The van der Waals surface area contributed by atoms with E-state index < -0.39 is 0 Å². The number of amides is 2. The van der Waals surface area contributed by atoms with Gasteiger partial charge >= 0.3 is 0 Å². The van der Waals surface area contributed by atoms with Crippen molar-refractivity contribution < 1.29 is 14.3 Å². The van der Waals surface area contributed by atoms with Gasteiger partial charge in [0.2, 0.25) is 5.91 Å². The standard InChI is InChI=1S/C20H24N2O3S/c1-25-17-9-7-16(8-10-17)20(24)22-13-11-21(12-14-22)19(23)6-2-4-18-5-3-15-26-18/h3,5,7-10,15H,2,4,6,11-14H2,1H3. The van der Waals surface area contributed by atoms with Crippen LogP contribution in [-0.4, -0.2) is 54.9 Å². The molecule has 0 aliphatic carbocycles. The smallest absolute Gasteiger partial charge is 0.253 e. The van der Waals surface area contributed by atoms with Crippen LogP contribution >= 0.6 is 11.3 Å². The molecule has 0 saturated carbocycles. The second-order valence-corrected chi connectivity index (χ2v) is 7.37. The number of rotatable bonds is 6. The second-order valence-electron chi connectivity index (χ2n) is 6.33. The van der Waals surface area contributed by atoms with Crippen LogP contribution in [0.4, 0.5) is 0 Å².